The lowest BCUT2D eigenvalue weighted by atomic mass is 9.82. The summed E-state index contributed by atoms with van der Waals surface area (Å²) in [4.78, 5) is 17.7. The van der Waals surface area contributed by atoms with Gasteiger partial charge in [0.15, 0.2) is 0 Å². The number of rotatable bonds is 5. The van der Waals surface area contributed by atoms with Gasteiger partial charge < -0.3 is 10.1 Å². The van der Waals surface area contributed by atoms with Crippen LogP contribution in [-0.4, -0.2) is 50.2 Å². The number of nitrogens with one attached hydrogen (secondary N) is 1. The summed E-state index contributed by atoms with van der Waals surface area (Å²) in [6.45, 7) is 4.75. The molecule has 0 unspecified atom stereocenters. The van der Waals surface area contributed by atoms with Gasteiger partial charge in [-0.15, -0.1) is 0 Å². The first-order chi connectivity index (χ1) is 15.2. The van der Waals surface area contributed by atoms with Gasteiger partial charge in [-0.25, -0.2) is 8.42 Å². The Morgan fingerprint density at radius 2 is 1.88 bits per heavy atom. The van der Waals surface area contributed by atoms with Crippen LogP contribution < -0.4 is 10.1 Å². The van der Waals surface area contributed by atoms with E-state index in [4.69, 9.17) is 9.73 Å². The Bertz CT molecular complexity index is 1030. The van der Waals surface area contributed by atoms with Crippen molar-refractivity contribution in [1.29, 1.82) is 0 Å². The fraction of sp³-hybridized carbons (Fsp3) is 0.583. The minimum absolute atomic E-state index is 0.0642. The third kappa shape index (κ3) is 4.48. The molecule has 3 aliphatic rings. The number of benzene rings is 1. The Labute approximate surface area is 191 Å². The number of hydrogen-bond acceptors (Lipinski definition) is 5. The van der Waals surface area contributed by atoms with E-state index in [0.717, 1.165) is 54.3 Å². The van der Waals surface area contributed by atoms with E-state index in [-0.39, 0.29) is 19.0 Å². The first kappa shape index (κ1) is 23.0. The number of aliphatic imine (C=N–C) groups is 1. The molecule has 1 N–H and O–H groups in total. The molecule has 174 valence electrons. The Kier molecular flexibility index (Phi) is 6.45. The summed E-state index contributed by atoms with van der Waals surface area (Å²) >= 11 is 0. The molecule has 0 aromatic heterocycles. The van der Waals surface area contributed by atoms with Crippen LogP contribution in [0.2, 0.25) is 0 Å². The lowest BCUT2D eigenvalue weighted by Crippen LogP contribution is -2.50. The average Bonchev–Trinajstić information content (AvgIpc) is 3.09. The molecular formula is C24H33N3O4S. The largest absolute Gasteiger partial charge is 0.496 e. The summed E-state index contributed by atoms with van der Waals surface area (Å²) in [5.74, 6) is 2.54. The highest BCUT2D eigenvalue weighted by Crippen LogP contribution is 2.36. The molecule has 0 atom stereocenters. The Balaban J connectivity index is 1.43. The third-order valence-corrected chi connectivity index (χ3v) is 8.84. The third-order valence-electron chi connectivity index (χ3n) is 7.28. The molecule has 2 fully saturated rings. The Morgan fingerprint density at radius 1 is 1.19 bits per heavy atom. The molecule has 1 saturated heterocycles. The molecule has 1 spiro atoms. The normalized spacial score (nSPS) is 26.3. The van der Waals surface area contributed by atoms with Crippen LogP contribution >= 0.6 is 0 Å². The van der Waals surface area contributed by atoms with E-state index >= 15 is 0 Å². The van der Waals surface area contributed by atoms with Crippen molar-refractivity contribution in [2.24, 2.45) is 16.8 Å². The maximum absolute atomic E-state index is 12.9. The predicted molar refractivity (Wildman–Crippen MR) is 126 cm³/mol. The highest BCUT2D eigenvalue weighted by molar-refractivity contribution is 7.92. The molecule has 4 rings (SSSR count). The van der Waals surface area contributed by atoms with Gasteiger partial charge in [-0.05, 0) is 61.8 Å². The van der Waals surface area contributed by atoms with E-state index in [1.165, 1.54) is 9.71 Å². The van der Waals surface area contributed by atoms with Gasteiger partial charge in [-0.3, -0.25) is 9.79 Å². The summed E-state index contributed by atoms with van der Waals surface area (Å²) < 4.78 is 32.6. The van der Waals surface area contributed by atoms with Crippen LogP contribution in [0.5, 0.6) is 5.75 Å². The molecule has 7 nitrogen and oxygen atoms in total. The van der Waals surface area contributed by atoms with Crippen LogP contribution in [0.4, 0.5) is 0 Å². The van der Waals surface area contributed by atoms with Crippen LogP contribution in [0.1, 0.15) is 56.6 Å². The van der Waals surface area contributed by atoms with Gasteiger partial charge in [-0.2, -0.15) is 4.31 Å². The van der Waals surface area contributed by atoms with E-state index in [1.54, 1.807) is 13.2 Å². The lowest BCUT2D eigenvalue weighted by molar-refractivity contribution is -0.124. The van der Waals surface area contributed by atoms with Crippen molar-refractivity contribution in [1.82, 2.24) is 9.62 Å². The van der Waals surface area contributed by atoms with Crippen molar-refractivity contribution >= 4 is 27.8 Å². The first-order valence-corrected chi connectivity index (χ1v) is 13.0. The van der Waals surface area contributed by atoms with Crippen molar-refractivity contribution in [2.75, 3.05) is 20.2 Å². The lowest BCUT2D eigenvalue weighted by Gasteiger charge is -2.34. The van der Waals surface area contributed by atoms with Gasteiger partial charge in [0, 0.05) is 24.4 Å². The number of hydrogen-bond donors (Lipinski definition) is 1. The number of methoxy groups -OCH3 is 1. The molecular weight excluding hydrogens is 426 g/mol. The SMILES string of the molecule is COc1cccc(/C=C/S(=O)(=O)N2CCC3(CC2)N=C([C@H]2CC[C@H](C)CC2)NC3=O)c1C. The number of carbonyl (C=O) groups is 1. The van der Waals surface area contributed by atoms with Gasteiger partial charge in [-0.1, -0.05) is 31.9 Å². The fourth-order valence-corrected chi connectivity index (χ4v) is 6.18. The van der Waals surface area contributed by atoms with Crippen LogP contribution in [-0.2, 0) is 14.8 Å². The molecule has 1 amide bonds. The second-order valence-electron chi connectivity index (χ2n) is 9.36. The van der Waals surface area contributed by atoms with Crippen LogP contribution in [0.3, 0.4) is 0 Å². The highest BCUT2D eigenvalue weighted by Gasteiger charge is 2.48. The van der Waals surface area contributed by atoms with Crippen molar-refractivity contribution < 1.29 is 17.9 Å². The summed E-state index contributed by atoms with van der Waals surface area (Å²) in [5.41, 5.74) is 0.880. The van der Waals surface area contributed by atoms with Crippen molar-refractivity contribution in [2.45, 2.75) is 57.9 Å². The van der Waals surface area contributed by atoms with Crippen LogP contribution in [0, 0.1) is 18.8 Å². The van der Waals surface area contributed by atoms with Gasteiger partial charge >= 0.3 is 0 Å². The van der Waals surface area contributed by atoms with Gasteiger partial charge in [0.05, 0.1) is 7.11 Å². The van der Waals surface area contributed by atoms with Crippen molar-refractivity contribution in [3.05, 3.63) is 34.7 Å². The number of piperidine rings is 1. The first-order valence-electron chi connectivity index (χ1n) is 11.5. The second-order valence-corrected chi connectivity index (χ2v) is 11.2. The van der Waals surface area contributed by atoms with E-state index in [0.29, 0.717) is 18.8 Å². The zero-order chi connectivity index (χ0) is 22.9. The molecule has 2 aliphatic heterocycles. The van der Waals surface area contributed by atoms with Crippen LogP contribution in [0.15, 0.2) is 28.6 Å². The molecule has 1 aliphatic carbocycles. The number of nitrogens with zero attached hydrogens (tertiary/aromatic N) is 2. The van der Waals surface area contributed by atoms with Gasteiger partial charge in [0.2, 0.25) is 10.0 Å². The molecule has 0 radical (unpaired) electrons. The second kappa shape index (κ2) is 8.98. The average molecular weight is 460 g/mol. The van der Waals surface area contributed by atoms with E-state index in [9.17, 15) is 13.2 Å². The zero-order valence-electron chi connectivity index (χ0n) is 19.1. The van der Waals surface area contributed by atoms with Crippen LogP contribution in [0.25, 0.3) is 6.08 Å². The molecule has 1 saturated carbocycles. The maximum Gasteiger partial charge on any atom is 0.253 e. The number of sulfonamides is 1. The Hall–Kier alpha value is -2.19. The summed E-state index contributed by atoms with van der Waals surface area (Å²) in [6, 6.07) is 5.55. The quantitative estimate of drug-likeness (QED) is 0.730. The Morgan fingerprint density at radius 3 is 2.53 bits per heavy atom. The topological polar surface area (TPSA) is 88.1 Å². The zero-order valence-corrected chi connectivity index (χ0v) is 20.0. The summed E-state index contributed by atoms with van der Waals surface area (Å²) in [5, 5.41) is 4.28. The molecule has 2 heterocycles. The standard InChI is InChI=1S/C24H33N3O4S/c1-17-7-9-20(10-8-17)22-25-23(28)24(26-22)12-14-27(15-13-24)32(29,30)16-11-19-5-4-6-21(31-3)18(19)2/h4-6,11,16-17,20H,7-10,12-15H2,1-3H3,(H,25,26,28)/b16-11+/t17-,20-. The number of amidine groups is 1. The van der Waals surface area contributed by atoms with Gasteiger partial charge in [0.25, 0.3) is 5.91 Å². The summed E-state index contributed by atoms with van der Waals surface area (Å²) in [7, 11) is -1.99. The van der Waals surface area contributed by atoms with E-state index in [1.807, 2.05) is 25.1 Å². The monoisotopic (exact) mass is 459 g/mol. The minimum Gasteiger partial charge on any atom is -0.496 e. The molecule has 1 aromatic carbocycles. The van der Waals surface area contributed by atoms with Crippen molar-refractivity contribution in [3.63, 3.8) is 0 Å². The number of carbonyl (C=O) groups excluding carboxylic acids is 1. The molecule has 8 heteroatoms. The summed E-state index contributed by atoms with van der Waals surface area (Å²) in [6.07, 6.45) is 6.89. The molecule has 1 aromatic rings. The van der Waals surface area contributed by atoms with Crippen molar-refractivity contribution in [3.8, 4) is 5.75 Å². The molecule has 0 bridgehead atoms. The molecule has 32 heavy (non-hydrogen) atoms. The minimum atomic E-state index is -3.59. The predicted octanol–water partition coefficient (Wildman–Crippen LogP) is 3.49. The van der Waals surface area contributed by atoms with E-state index in [2.05, 4.69) is 12.2 Å². The number of ether oxygens (including phenoxy) is 1. The van der Waals surface area contributed by atoms with Gasteiger partial charge in [0.1, 0.15) is 17.1 Å². The van der Waals surface area contributed by atoms with E-state index < -0.39 is 15.6 Å². The highest BCUT2D eigenvalue weighted by atomic mass is 32.2. The maximum atomic E-state index is 12.9. The smallest absolute Gasteiger partial charge is 0.253 e. The fourth-order valence-electron chi connectivity index (χ4n) is 5.00. The number of amides is 1.